The first-order valence-corrected chi connectivity index (χ1v) is 5.90. The van der Waals surface area contributed by atoms with Crippen LogP contribution in [0, 0.1) is 0 Å². The highest BCUT2D eigenvalue weighted by atomic mass is 16.5. The van der Waals surface area contributed by atoms with Crippen LogP contribution in [-0.4, -0.2) is 43.8 Å². The van der Waals surface area contributed by atoms with Gasteiger partial charge in [-0.25, -0.2) is 0 Å². The molecule has 1 rings (SSSR count). The number of rotatable bonds is 6. The van der Waals surface area contributed by atoms with Crippen molar-refractivity contribution in [3.05, 3.63) is 0 Å². The fourth-order valence-electron chi connectivity index (χ4n) is 2.01. The van der Waals surface area contributed by atoms with E-state index in [0.717, 1.165) is 32.7 Å². The monoisotopic (exact) mass is 200 g/mol. The van der Waals surface area contributed by atoms with E-state index in [0.29, 0.717) is 6.04 Å². The Hall–Kier alpha value is -0.120. The van der Waals surface area contributed by atoms with Crippen molar-refractivity contribution < 1.29 is 4.74 Å². The predicted octanol–water partition coefficient (Wildman–Crippen LogP) is 1.23. The van der Waals surface area contributed by atoms with Gasteiger partial charge in [0.15, 0.2) is 0 Å². The number of morpholine rings is 1. The number of hydrogen-bond acceptors (Lipinski definition) is 3. The van der Waals surface area contributed by atoms with Gasteiger partial charge in [-0.15, -0.1) is 0 Å². The molecule has 0 spiro atoms. The third-order valence-corrected chi connectivity index (χ3v) is 2.90. The lowest BCUT2D eigenvalue weighted by Gasteiger charge is -2.35. The molecule has 0 aromatic rings. The zero-order chi connectivity index (χ0) is 10.2. The van der Waals surface area contributed by atoms with E-state index >= 15 is 0 Å². The third kappa shape index (κ3) is 3.95. The minimum Gasteiger partial charge on any atom is -0.378 e. The Morgan fingerprint density at radius 2 is 2.29 bits per heavy atom. The van der Waals surface area contributed by atoms with E-state index < -0.39 is 0 Å². The van der Waals surface area contributed by atoms with Crippen LogP contribution >= 0.6 is 0 Å². The summed E-state index contributed by atoms with van der Waals surface area (Å²) < 4.78 is 5.47. The van der Waals surface area contributed by atoms with E-state index in [9.17, 15) is 0 Å². The fraction of sp³-hybridized carbons (Fsp3) is 1.00. The van der Waals surface area contributed by atoms with E-state index in [1.165, 1.54) is 25.8 Å². The molecular weight excluding hydrogens is 176 g/mol. The predicted molar refractivity (Wildman–Crippen MR) is 59.4 cm³/mol. The normalized spacial score (nSPS) is 24.0. The second-order valence-corrected chi connectivity index (χ2v) is 4.05. The summed E-state index contributed by atoms with van der Waals surface area (Å²) in [4.78, 5) is 2.55. The molecule has 1 aliphatic rings. The van der Waals surface area contributed by atoms with Crippen LogP contribution in [0.5, 0.6) is 0 Å². The van der Waals surface area contributed by atoms with Crippen LogP contribution in [0.25, 0.3) is 0 Å². The smallest absolute Gasteiger partial charge is 0.0622 e. The van der Waals surface area contributed by atoms with E-state index in [1.54, 1.807) is 0 Å². The molecule has 84 valence electrons. The molecule has 1 saturated heterocycles. The molecule has 0 aliphatic carbocycles. The van der Waals surface area contributed by atoms with Crippen molar-refractivity contribution in [2.24, 2.45) is 5.73 Å². The maximum absolute atomic E-state index is 5.59. The maximum Gasteiger partial charge on any atom is 0.0622 e. The summed E-state index contributed by atoms with van der Waals surface area (Å²) in [5.74, 6) is 0. The number of nitrogens with two attached hydrogens (primary N) is 1. The first kappa shape index (κ1) is 12.0. The molecule has 0 amide bonds. The van der Waals surface area contributed by atoms with Crippen molar-refractivity contribution in [2.75, 3.05) is 32.8 Å². The van der Waals surface area contributed by atoms with Crippen molar-refractivity contribution in [3.8, 4) is 0 Å². The van der Waals surface area contributed by atoms with Gasteiger partial charge in [0, 0.05) is 12.6 Å². The van der Waals surface area contributed by atoms with Gasteiger partial charge < -0.3 is 10.5 Å². The van der Waals surface area contributed by atoms with Crippen LogP contribution in [-0.2, 0) is 4.74 Å². The van der Waals surface area contributed by atoms with E-state index in [-0.39, 0.29) is 0 Å². The number of hydrogen-bond donors (Lipinski definition) is 1. The molecule has 0 aromatic heterocycles. The molecule has 1 aliphatic heterocycles. The summed E-state index contributed by atoms with van der Waals surface area (Å²) >= 11 is 0. The molecule has 2 N–H and O–H groups in total. The van der Waals surface area contributed by atoms with E-state index in [2.05, 4.69) is 11.8 Å². The van der Waals surface area contributed by atoms with Gasteiger partial charge in [-0.3, -0.25) is 4.90 Å². The Morgan fingerprint density at radius 3 is 3.00 bits per heavy atom. The largest absolute Gasteiger partial charge is 0.378 e. The summed E-state index contributed by atoms with van der Waals surface area (Å²) in [6.07, 6.45) is 5.03. The summed E-state index contributed by atoms with van der Waals surface area (Å²) in [6.45, 7) is 7.11. The molecule has 0 aromatic carbocycles. The fourth-order valence-corrected chi connectivity index (χ4v) is 2.01. The zero-order valence-corrected chi connectivity index (χ0v) is 9.37. The first-order valence-electron chi connectivity index (χ1n) is 5.90. The van der Waals surface area contributed by atoms with Gasteiger partial charge in [0.2, 0.25) is 0 Å². The van der Waals surface area contributed by atoms with Crippen LogP contribution in [0.2, 0.25) is 0 Å². The topological polar surface area (TPSA) is 38.5 Å². The van der Waals surface area contributed by atoms with Gasteiger partial charge in [0.1, 0.15) is 0 Å². The average Bonchev–Trinajstić information content (AvgIpc) is 2.21. The number of unbranched alkanes of at least 4 members (excludes halogenated alkanes) is 2. The molecule has 1 fully saturated rings. The van der Waals surface area contributed by atoms with Crippen molar-refractivity contribution in [1.82, 2.24) is 4.90 Å². The van der Waals surface area contributed by atoms with Crippen molar-refractivity contribution >= 4 is 0 Å². The maximum atomic E-state index is 5.59. The molecular formula is C11H24N2O. The van der Waals surface area contributed by atoms with Gasteiger partial charge in [0.25, 0.3) is 0 Å². The molecule has 0 radical (unpaired) electrons. The Bertz CT molecular complexity index is 139. The third-order valence-electron chi connectivity index (χ3n) is 2.90. The molecule has 0 saturated carbocycles. The van der Waals surface area contributed by atoms with Gasteiger partial charge in [-0.05, 0) is 25.9 Å². The van der Waals surface area contributed by atoms with Crippen LogP contribution in [0.1, 0.15) is 32.6 Å². The van der Waals surface area contributed by atoms with Crippen LogP contribution in [0.3, 0.4) is 0 Å². The number of nitrogens with zero attached hydrogens (tertiary/aromatic N) is 1. The molecule has 0 bridgehead atoms. The lowest BCUT2D eigenvalue weighted by Crippen LogP contribution is -2.46. The van der Waals surface area contributed by atoms with Gasteiger partial charge in [0.05, 0.1) is 13.2 Å². The SMILES string of the molecule is CCCCCN1CCOCC1CCN. The Morgan fingerprint density at radius 1 is 1.43 bits per heavy atom. The quantitative estimate of drug-likeness (QED) is 0.655. The Kier molecular flexibility index (Phi) is 6.15. The van der Waals surface area contributed by atoms with Crippen molar-refractivity contribution in [1.29, 1.82) is 0 Å². The highest BCUT2D eigenvalue weighted by Crippen LogP contribution is 2.11. The average molecular weight is 200 g/mol. The molecule has 3 heteroatoms. The summed E-state index contributed by atoms with van der Waals surface area (Å²) in [7, 11) is 0. The van der Waals surface area contributed by atoms with Gasteiger partial charge in [-0.2, -0.15) is 0 Å². The minimum atomic E-state index is 0.575. The van der Waals surface area contributed by atoms with E-state index in [4.69, 9.17) is 10.5 Å². The lowest BCUT2D eigenvalue weighted by molar-refractivity contribution is -0.00997. The second kappa shape index (κ2) is 7.21. The molecule has 1 atom stereocenters. The van der Waals surface area contributed by atoms with Gasteiger partial charge in [-0.1, -0.05) is 19.8 Å². The second-order valence-electron chi connectivity index (χ2n) is 4.05. The highest BCUT2D eigenvalue weighted by molar-refractivity contribution is 4.75. The van der Waals surface area contributed by atoms with Gasteiger partial charge >= 0.3 is 0 Å². The zero-order valence-electron chi connectivity index (χ0n) is 9.37. The van der Waals surface area contributed by atoms with Crippen molar-refractivity contribution in [2.45, 2.75) is 38.6 Å². The molecule has 3 nitrogen and oxygen atoms in total. The minimum absolute atomic E-state index is 0.575. The Balaban J connectivity index is 2.22. The first-order chi connectivity index (χ1) is 6.88. The number of ether oxygens (including phenoxy) is 1. The lowest BCUT2D eigenvalue weighted by atomic mass is 10.1. The summed E-state index contributed by atoms with van der Waals surface area (Å²) in [5, 5.41) is 0. The van der Waals surface area contributed by atoms with Crippen molar-refractivity contribution in [3.63, 3.8) is 0 Å². The molecule has 1 heterocycles. The Labute approximate surface area is 87.6 Å². The molecule has 14 heavy (non-hydrogen) atoms. The summed E-state index contributed by atoms with van der Waals surface area (Å²) in [6, 6.07) is 0.575. The van der Waals surface area contributed by atoms with Crippen LogP contribution in [0.4, 0.5) is 0 Å². The standard InChI is InChI=1S/C11H24N2O/c1-2-3-4-7-13-8-9-14-10-11(13)5-6-12/h11H,2-10,12H2,1H3. The molecule has 1 unspecified atom stereocenters. The van der Waals surface area contributed by atoms with Crippen LogP contribution in [0.15, 0.2) is 0 Å². The van der Waals surface area contributed by atoms with E-state index in [1.807, 2.05) is 0 Å². The highest BCUT2D eigenvalue weighted by Gasteiger charge is 2.21. The summed E-state index contributed by atoms with van der Waals surface area (Å²) in [5.41, 5.74) is 5.59. The van der Waals surface area contributed by atoms with Crippen LogP contribution < -0.4 is 5.73 Å².